The number of amides is 2. The number of nitrogens with one attached hydrogen (secondary N) is 1. The van der Waals surface area contributed by atoms with E-state index in [1.165, 1.54) is 0 Å². The fourth-order valence-corrected chi connectivity index (χ4v) is 3.38. The number of likely N-dealkylation sites (tertiary alicyclic amines) is 1. The maximum atomic E-state index is 12.4. The van der Waals surface area contributed by atoms with Crippen molar-refractivity contribution in [1.29, 1.82) is 0 Å². The summed E-state index contributed by atoms with van der Waals surface area (Å²) in [5.41, 5.74) is 1.03. The third-order valence-electron chi connectivity index (χ3n) is 4.90. The van der Waals surface area contributed by atoms with Gasteiger partial charge in [-0.25, -0.2) is 0 Å². The number of carbonyl (C=O) groups is 2. The highest BCUT2D eigenvalue weighted by atomic mass is 16.5. The minimum Gasteiger partial charge on any atom is -0.497 e. The first-order valence-electron chi connectivity index (χ1n) is 8.95. The Balaban J connectivity index is 1.48. The molecular formula is C19H26N2O4. The quantitative estimate of drug-likeness (QED) is 0.852. The van der Waals surface area contributed by atoms with E-state index >= 15 is 0 Å². The van der Waals surface area contributed by atoms with Gasteiger partial charge in [0, 0.05) is 32.7 Å². The molecule has 2 fully saturated rings. The van der Waals surface area contributed by atoms with Crippen molar-refractivity contribution >= 4 is 11.8 Å². The zero-order valence-corrected chi connectivity index (χ0v) is 14.7. The van der Waals surface area contributed by atoms with Crippen molar-refractivity contribution in [3.05, 3.63) is 29.8 Å². The Morgan fingerprint density at radius 2 is 2.12 bits per heavy atom. The van der Waals surface area contributed by atoms with Crippen LogP contribution in [0.1, 0.15) is 31.2 Å². The van der Waals surface area contributed by atoms with Crippen molar-refractivity contribution in [1.82, 2.24) is 10.2 Å². The molecule has 6 heteroatoms. The lowest BCUT2D eigenvalue weighted by Crippen LogP contribution is -2.39. The topological polar surface area (TPSA) is 67.9 Å². The van der Waals surface area contributed by atoms with Gasteiger partial charge in [0.2, 0.25) is 11.8 Å². The number of methoxy groups -OCH3 is 1. The van der Waals surface area contributed by atoms with E-state index < -0.39 is 0 Å². The molecule has 1 aromatic rings. The van der Waals surface area contributed by atoms with Crippen LogP contribution in [-0.4, -0.2) is 49.6 Å². The zero-order chi connectivity index (χ0) is 17.6. The van der Waals surface area contributed by atoms with Crippen LogP contribution in [0.15, 0.2) is 24.3 Å². The lowest BCUT2D eigenvalue weighted by atomic mass is 10.1. The summed E-state index contributed by atoms with van der Waals surface area (Å²) >= 11 is 0. The molecule has 0 radical (unpaired) electrons. The molecule has 2 atom stereocenters. The summed E-state index contributed by atoms with van der Waals surface area (Å²) in [7, 11) is 1.63. The maximum Gasteiger partial charge on any atom is 0.225 e. The van der Waals surface area contributed by atoms with Crippen molar-refractivity contribution in [2.24, 2.45) is 5.92 Å². The Labute approximate surface area is 148 Å². The van der Waals surface area contributed by atoms with E-state index in [4.69, 9.17) is 9.47 Å². The molecule has 2 amide bonds. The zero-order valence-electron chi connectivity index (χ0n) is 14.7. The molecule has 6 nitrogen and oxygen atoms in total. The van der Waals surface area contributed by atoms with Crippen LogP contribution in [0.4, 0.5) is 0 Å². The monoisotopic (exact) mass is 346 g/mol. The molecule has 0 saturated carbocycles. The Morgan fingerprint density at radius 3 is 2.80 bits per heavy atom. The Morgan fingerprint density at radius 1 is 1.32 bits per heavy atom. The second-order valence-corrected chi connectivity index (χ2v) is 6.76. The second kappa shape index (κ2) is 8.34. The first-order valence-corrected chi connectivity index (χ1v) is 8.95. The van der Waals surface area contributed by atoms with E-state index in [0.717, 1.165) is 37.2 Å². The third-order valence-corrected chi connectivity index (χ3v) is 4.90. The van der Waals surface area contributed by atoms with Gasteiger partial charge in [0.25, 0.3) is 0 Å². The van der Waals surface area contributed by atoms with E-state index in [1.807, 2.05) is 24.3 Å². The molecule has 25 heavy (non-hydrogen) atoms. The molecular weight excluding hydrogens is 320 g/mol. The smallest absolute Gasteiger partial charge is 0.225 e. The Bertz CT molecular complexity index is 596. The number of nitrogens with zero attached hydrogens (tertiary/aromatic N) is 1. The molecule has 0 aliphatic carbocycles. The summed E-state index contributed by atoms with van der Waals surface area (Å²) in [5, 5.41) is 2.96. The number of rotatable bonds is 6. The molecule has 0 bridgehead atoms. The molecule has 2 aliphatic rings. The summed E-state index contributed by atoms with van der Waals surface area (Å²) in [5.74, 6) is 0.512. The molecule has 0 aromatic heterocycles. The lowest BCUT2D eigenvalue weighted by molar-refractivity contribution is -0.129. The van der Waals surface area contributed by atoms with Crippen LogP contribution in [0.3, 0.4) is 0 Å². The highest BCUT2D eigenvalue weighted by Gasteiger charge is 2.34. The number of benzene rings is 1. The Kier molecular flexibility index (Phi) is 5.91. The highest BCUT2D eigenvalue weighted by Crippen LogP contribution is 2.22. The molecule has 0 spiro atoms. The minimum atomic E-state index is -0.269. The number of hydrogen-bond donors (Lipinski definition) is 1. The fourth-order valence-electron chi connectivity index (χ4n) is 3.38. The Hall–Kier alpha value is -2.08. The van der Waals surface area contributed by atoms with Crippen LogP contribution >= 0.6 is 0 Å². The summed E-state index contributed by atoms with van der Waals surface area (Å²) in [6.45, 7) is 2.32. The highest BCUT2D eigenvalue weighted by molar-refractivity contribution is 5.89. The average Bonchev–Trinajstić information content (AvgIpc) is 3.02. The largest absolute Gasteiger partial charge is 0.497 e. The van der Waals surface area contributed by atoms with E-state index in [0.29, 0.717) is 19.6 Å². The predicted octanol–water partition coefficient (Wildman–Crippen LogP) is 1.73. The van der Waals surface area contributed by atoms with Crippen LogP contribution in [0.2, 0.25) is 0 Å². The number of ether oxygens (including phenoxy) is 2. The maximum absolute atomic E-state index is 12.4. The lowest BCUT2D eigenvalue weighted by Gasteiger charge is -2.23. The number of carbonyl (C=O) groups excluding carboxylic acids is 2. The molecule has 2 heterocycles. The fraction of sp³-hybridized carbons (Fsp3) is 0.579. The van der Waals surface area contributed by atoms with Gasteiger partial charge in [-0.1, -0.05) is 12.1 Å². The van der Waals surface area contributed by atoms with E-state index in [-0.39, 0.29) is 30.3 Å². The van der Waals surface area contributed by atoms with Gasteiger partial charge in [-0.05, 0) is 37.0 Å². The van der Waals surface area contributed by atoms with E-state index in [9.17, 15) is 9.59 Å². The third kappa shape index (κ3) is 4.72. The molecule has 2 aliphatic heterocycles. The van der Waals surface area contributed by atoms with Gasteiger partial charge in [-0.15, -0.1) is 0 Å². The molecule has 2 unspecified atom stereocenters. The molecule has 2 saturated heterocycles. The van der Waals surface area contributed by atoms with Crippen molar-refractivity contribution < 1.29 is 19.1 Å². The second-order valence-electron chi connectivity index (χ2n) is 6.76. The van der Waals surface area contributed by atoms with Gasteiger partial charge in [0.15, 0.2) is 0 Å². The van der Waals surface area contributed by atoms with Gasteiger partial charge in [0.05, 0.1) is 19.1 Å². The van der Waals surface area contributed by atoms with Crippen molar-refractivity contribution in [3.8, 4) is 5.75 Å². The number of hydrogen-bond acceptors (Lipinski definition) is 4. The minimum absolute atomic E-state index is 0.0323. The molecule has 1 aromatic carbocycles. The van der Waals surface area contributed by atoms with Gasteiger partial charge < -0.3 is 19.7 Å². The SMILES string of the molecule is COc1ccc(CN2CC(C(=O)NCC3CCCCO3)CC2=O)cc1. The average molecular weight is 346 g/mol. The molecule has 3 rings (SSSR count). The van der Waals surface area contributed by atoms with Crippen LogP contribution in [0.5, 0.6) is 5.75 Å². The van der Waals surface area contributed by atoms with Crippen LogP contribution < -0.4 is 10.1 Å². The van der Waals surface area contributed by atoms with E-state index in [2.05, 4.69) is 5.32 Å². The summed E-state index contributed by atoms with van der Waals surface area (Å²) in [4.78, 5) is 26.3. The van der Waals surface area contributed by atoms with Gasteiger partial charge in [-0.3, -0.25) is 9.59 Å². The van der Waals surface area contributed by atoms with Crippen LogP contribution in [0, 0.1) is 5.92 Å². The van der Waals surface area contributed by atoms with Crippen molar-refractivity contribution in [3.63, 3.8) is 0 Å². The van der Waals surface area contributed by atoms with Gasteiger partial charge >= 0.3 is 0 Å². The summed E-state index contributed by atoms with van der Waals surface area (Å²) < 4.78 is 10.8. The standard InChI is InChI=1S/C19H26N2O4/c1-24-16-7-5-14(6-8-16)12-21-13-15(10-18(21)22)19(23)20-11-17-4-2-3-9-25-17/h5-8,15,17H,2-4,9-13H2,1H3,(H,20,23). The van der Waals surface area contributed by atoms with Gasteiger partial charge in [-0.2, -0.15) is 0 Å². The molecule has 136 valence electrons. The first-order chi connectivity index (χ1) is 12.2. The normalized spacial score (nSPS) is 23.6. The van der Waals surface area contributed by atoms with Crippen molar-refractivity contribution in [2.45, 2.75) is 38.3 Å². The van der Waals surface area contributed by atoms with Crippen LogP contribution in [0.25, 0.3) is 0 Å². The summed E-state index contributed by atoms with van der Waals surface area (Å²) in [6, 6.07) is 7.65. The van der Waals surface area contributed by atoms with E-state index in [1.54, 1.807) is 12.0 Å². The van der Waals surface area contributed by atoms with Crippen LogP contribution in [-0.2, 0) is 20.9 Å². The molecule has 1 N–H and O–H groups in total. The predicted molar refractivity (Wildman–Crippen MR) is 93.1 cm³/mol. The van der Waals surface area contributed by atoms with Crippen molar-refractivity contribution in [2.75, 3.05) is 26.8 Å². The first kappa shape index (κ1) is 17.7. The van der Waals surface area contributed by atoms with Gasteiger partial charge in [0.1, 0.15) is 5.75 Å². The summed E-state index contributed by atoms with van der Waals surface area (Å²) in [6.07, 6.45) is 3.64.